The van der Waals surface area contributed by atoms with Crippen LogP contribution >= 0.6 is 0 Å². The zero-order chi connectivity index (χ0) is 21.3. The average molecular weight is 426 g/mol. The van der Waals surface area contributed by atoms with Gasteiger partial charge in [-0.15, -0.1) is 0 Å². The molecule has 0 aliphatic carbocycles. The molecule has 1 aromatic carbocycles. The molecule has 156 valence electrons. The normalized spacial score (nSPS) is 14.3. The van der Waals surface area contributed by atoms with Gasteiger partial charge in [-0.1, -0.05) is 12.1 Å². The van der Waals surface area contributed by atoms with Crippen LogP contribution in [0.1, 0.15) is 24.2 Å². The summed E-state index contributed by atoms with van der Waals surface area (Å²) in [5, 5.41) is -0.0162. The van der Waals surface area contributed by atoms with E-state index in [0.29, 0.717) is 30.2 Å². The van der Waals surface area contributed by atoms with Crippen LogP contribution in [0.3, 0.4) is 0 Å². The number of pyridine rings is 1. The number of sulfone groups is 1. The molecule has 30 heavy (non-hydrogen) atoms. The molecule has 3 heterocycles. The highest BCUT2D eigenvalue weighted by Gasteiger charge is 2.22. The van der Waals surface area contributed by atoms with Gasteiger partial charge in [-0.25, -0.2) is 13.4 Å². The largest absolute Gasteiger partial charge is 0.461 e. The van der Waals surface area contributed by atoms with Crippen LogP contribution in [-0.4, -0.2) is 37.0 Å². The lowest BCUT2D eigenvalue weighted by Gasteiger charge is -2.19. The van der Waals surface area contributed by atoms with E-state index in [1.807, 2.05) is 42.2 Å². The number of amides is 1. The molecule has 1 aliphatic rings. The van der Waals surface area contributed by atoms with Crippen molar-refractivity contribution >= 4 is 15.7 Å². The van der Waals surface area contributed by atoms with Gasteiger partial charge in [0.2, 0.25) is 5.91 Å². The number of nitrogens with zero attached hydrogens (tertiary/aromatic N) is 2. The highest BCUT2D eigenvalue weighted by Crippen LogP contribution is 2.33. The van der Waals surface area contributed by atoms with Crippen LogP contribution in [0.25, 0.3) is 11.3 Å². The van der Waals surface area contributed by atoms with Crippen LogP contribution in [0.15, 0.2) is 58.1 Å². The van der Waals surface area contributed by atoms with Gasteiger partial charge in [0.05, 0.1) is 6.20 Å². The fraction of sp³-hybridized carbons (Fsp3) is 0.273. The molecule has 0 atom stereocenters. The molecule has 1 amide bonds. The Morgan fingerprint density at radius 3 is 2.60 bits per heavy atom. The number of rotatable bonds is 6. The van der Waals surface area contributed by atoms with Gasteiger partial charge in [-0.3, -0.25) is 4.79 Å². The van der Waals surface area contributed by atoms with Crippen molar-refractivity contribution in [3.63, 3.8) is 0 Å². The van der Waals surface area contributed by atoms with E-state index in [9.17, 15) is 13.2 Å². The van der Waals surface area contributed by atoms with E-state index in [2.05, 4.69) is 4.98 Å². The molecule has 0 saturated carbocycles. The second-order valence-corrected chi connectivity index (χ2v) is 9.32. The second kappa shape index (κ2) is 7.95. The van der Waals surface area contributed by atoms with Crippen LogP contribution < -0.4 is 4.74 Å². The zero-order valence-electron chi connectivity index (χ0n) is 16.8. The zero-order valence-corrected chi connectivity index (χ0v) is 17.6. The monoisotopic (exact) mass is 426 g/mol. The third-order valence-electron chi connectivity index (χ3n) is 4.94. The van der Waals surface area contributed by atoms with E-state index in [-0.39, 0.29) is 10.9 Å². The smallest absolute Gasteiger partial charge is 0.222 e. The number of aryl methyl sites for hydroxylation is 1. The number of hydrogen-bond acceptors (Lipinski definition) is 6. The lowest BCUT2D eigenvalue weighted by atomic mass is 10.1. The number of ether oxygens (including phenoxy) is 1. The minimum Gasteiger partial charge on any atom is -0.461 e. The predicted molar refractivity (Wildman–Crippen MR) is 111 cm³/mol. The quantitative estimate of drug-likeness (QED) is 0.593. The van der Waals surface area contributed by atoms with Gasteiger partial charge in [0.15, 0.2) is 14.9 Å². The van der Waals surface area contributed by atoms with E-state index < -0.39 is 9.84 Å². The Balaban J connectivity index is 1.67. The summed E-state index contributed by atoms with van der Waals surface area (Å²) in [5.41, 5.74) is 1.69. The topological polar surface area (TPSA) is 89.7 Å². The van der Waals surface area contributed by atoms with Gasteiger partial charge in [-0.05, 0) is 43.7 Å². The Morgan fingerprint density at radius 2 is 2.00 bits per heavy atom. The number of carbonyl (C=O) groups is 1. The molecule has 0 radical (unpaired) electrons. The molecular weight excluding hydrogens is 404 g/mol. The number of carbonyl (C=O) groups excluding carboxylic acids is 1. The summed E-state index contributed by atoms with van der Waals surface area (Å²) in [4.78, 5) is 17.9. The van der Waals surface area contributed by atoms with Crippen molar-refractivity contribution in [2.75, 3.05) is 12.8 Å². The fourth-order valence-electron chi connectivity index (χ4n) is 3.37. The van der Waals surface area contributed by atoms with Gasteiger partial charge in [0, 0.05) is 36.9 Å². The lowest BCUT2D eigenvalue weighted by molar-refractivity contribution is -0.128. The maximum absolute atomic E-state index is 12.1. The summed E-state index contributed by atoms with van der Waals surface area (Å²) >= 11 is 0. The Labute approximate surface area is 175 Å². The van der Waals surface area contributed by atoms with E-state index in [0.717, 1.165) is 36.1 Å². The molecule has 1 aliphatic heterocycles. The molecule has 1 fully saturated rings. The van der Waals surface area contributed by atoms with Crippen molar-refractivity contribution in [2.24, 2.45) is 0 Å². The van der Waals surface area contributed by atoms with Crippen LogP contribution in [-0.2, 0) is 21.2 Å². The van der Waals surface area contributed by atoms with Gasteiger partial charge < -0.3 is 14.1 Å². The first-order valence-electron chi connectivity index (χ1n) is 9.61. The Bertz CT molecular complexity index is 1180. The maximum atomic E-state index is 12.1. The molecule has 7 nitrogen and oxygen atoms in total. The Morgan fingerprint density at radius 1 is 1.17 bits per heavy atom. The van der Waals surface area contributed by atoms with Gasteiger partial charge in [0.25, 0.3) is 0 Å². The van der Waals surface area contributed by atoms with Crippen LogP contribution in [0.2, 0.25) is 0 Å². The highest BCUT2D eigenvalue weighted by molar-refractivity contribution is 7.90. The number of likely N-dealkylation sites (tertiary alicyclic amines) is 1. The minimum atomic E-state index is -3.39. The SMILES string of the molecule is Cc1ccc(-c2ccc(CN3CCCC3=O)c(Oc3ccc(S(C)(=O)=O)nc3)c2)o1. The molecular formula is C22H22N2O5S. The van der Waals surface area contributed by atoms with Gasteiger partial charge in [-0.2, -0.15) is 0 Å². The second-order valence-electron chi connectivity index (χ2n) is 7.36. The average Bonchev–Trinajstić information content (AvgIpc) is 3.31. The lowest BCUT2D eigenvalue weighted by Crippen LogP contribution is -2.24. The molecule has 0 N–H and O–H groups in total. The van der Waals surface area contributed by atoms with Crippen LogP contribution in [0.4, 0.5) is 0 Å². The first-order valence-corrected chi connectivity index (χ1v) is 11.5. The fourth-order valence-corrected chi connectivity index (χ4v) is 3.93. The molecule has 8 heteroatoms. The molecule has 0 spiro atoms. The molecule has 3 aromatic rings. The number of furan rings is 1. The third-order valence-corrected chi connectivity index (χ3v) is 5.94. The molecule has 0 unspecified atom stereocenters. The van der Waals surface area contributed by atoms with E-state index in [4.69, 9.17) is 9.15 Å². The van der Waals surface area contributed by atoms with Crippen molar-refractivity contribution in [1.29, 1.82) is 0 Å². The summed E-state index contributed by atoms with van der Waals surface area (Å²) in [7, 11) is -3.39. The van der Waals surface area contributed by atoms with Crippen molar-refractivity contribution in [1.82, 2.24) is 9.88 Å². The summed E-state index contributed by atoms with van der Waals surface area (Å²) in [6.45, 7) is 3.05. The van der Waals surface area contributed by atoms with Crippen molar-refractivity contribution in [2.45, 2.75) is 31.3 Å². The molecule has 1 saturated heterocycles. The van der Waals surface area contributed by atoms with Gasteiger partial charge in [0.1, 0.15) is 23.0 Å². The number of hydrogen-bond donors (Lipinski definition) is 0. The van der Waals surface area contributed by atoms with Crippen molar-refractivity contribution in [3.8, 4) is 22.8 Å². The summed E-state index contributed by atoms with van der Waals surface area (Å²) in [6.07, 6.45) is 3.91. The molecule has 0 bridgehead atoms. The predicted octanol–water partition coefficient (Wildman–Crippen LogP) is 3.97. The van der Waals surface area contributed by atoms with E-state index >= 15 is 0 Å². The van der Waals surface area contributed by atoms with Crippen LogP contribution in [0, 0.1) is 6.92 Å². The summed E-state index contributed by atoms with van der Waals surface area (Å²) < 4.78 is 35.0. The summed E-state index contributed by atoms with van der Waals surface area (Å²) in [5.74, 6) is 2.62. The van der Waals surface area contributed by atoms with Crippen LogP contribution in [0.5, 0.6) is 11.5 Å². The minimum absolute atomic E-state index is 0.0162. The molecule has 2 aromatic heterocycles. The first kappa shape index (κ1) is 20.2. The Kier molecular flexibility index (Phi) is 5.34. The van der Waals surface area contributed by atoms with E-state index in [1.54, 1.807) is 6.07 Å². The maximum Gasteiger partial charge on any atom is 0.222 e. The van der Waals surface area contributed by atoms with E-state index in [1.165, 1.54) is 12.3 Å². The number of aromatic nitrogens is 1. The number of benzene rings is 1. The van der Waals surface area contributed by atoms with Gasteiger partial charge >= 0.3 is 0 Å². The molecule has 4 rings (SSSR count). The summed E-state index contributed by atoms with van der Waals surface area (Å²) in [6, 6.07) is 12.5. The highest BCUT2D eigenvalue weighted by atomic mass is 32.2. The van der Waals surface area contributed by atoms with Crippen molar-refractivity contribution in [3.05, 3.63) is 60.0 Å². The standard InChI is InChI=1S/C22H22N2O5S/c1-15-5-9-19(28-15)16-6-7-17(14-24-11-3-4-22(24)25)20(12-16)29-18-8-10-21(23-13-18)30(2,26)27/h5-10,12-13H,3-4,11,14H2,1-2H3. The Hall–Kier alpha value is -3.13. The van der Waals surface area contributed by atoms with Crippen molar-refractivity contribution < 1.29 is 22.4 Å². The first-order chi connectivity index (χ1) is 14.3. The third kappa shape index (κ3) is 4.38.